The quantitative estimate of drug-likeness (QED) is 0.441. The lowest BCUT2D eigenvalue weighted by Crippen LogP contribution is -1.87. The number of ether oxygens (including phenoxy) is 2. The first-order valence-corrected chi connectivity index (χ1v) is 3.03. The van der Waals surface area contributed by atoms with Gasteiger partial charge < -0.3 is 9.47 Å². The van der Waals surface area contributed by atoms with Crippen LogP contribution in [0.2, 0.25) is 0 Å². The van der Waals surface area contributed by atoms with Crippen LogP contribution in [0.5, 0.6) is 0 Å². The van der Waals surface area contributed by atoms with Gasteiger partial charge in [-0.2, -0.15) is 0 Å². The zero-order valence-corrected chi connectivity index (χ0v) is 6.80. The summed E-state index contributed by atoms with van der Waals surface area (Å²) in [6, 6.07) is 0. The van der Waals surface area contributed by atoms with Crippen LogP contribution in [-0.2, 0) is 9.47 Å². The molecule has 0 fully saturated rings. The summed E-state index contributed by atoms with van der Waals surface area (Å²) in [5, 5.41) is 0. The normalized spacial score (nSPS) is 7.40. The van der Waals surface area contributed by atoms with Gasteiger partial charge in [-0.1, -0.05) is 12.2 Å². The van der Waals surface area contributed by atoms with E-state index in [9.17, 15) is 0 Å². The number of hydrogen-bond donors (Lipinski definition) is 0. The first-order valence-electron chi connectivity index (χ1n) is 3.03. The van der Waals surface area contributed by atoms with Gasteiger partial charge in [0.25, 0.3) is 0 Å². The molecule has 0 unspecified atom stereocenters. The zero-order chi connectivity index (χ0) is 8.24. The van der Waals surface area contributed by atoms with E-state index in [0.29, 0.717) is 13.2 Å². The summed E-state index contributed by atoms with van der Waals surface area (Å²) in [5.41, 5.74) is 0. The van der Waals surface area contributed by atoms with Crippen molar-refractivity contribution in [3.63, 3.8) is 0 Å². The molecule has 0 bridgehead atoms. The second kappa shape index (κ2) is 15.8. The molecule has 0 aromatic carbocycles. The second-order valence-corrected chi connectivity index (χ2v) is 1.52. The van der Waals surface area contributed by atoms with Crippen LogP contribution in [0.25, 0.3) is 0 Å². The third kappa shape index (κ3) is 26.2. The Labute approximate surface area is 63.1 Å². The Hall–Kier alpha value is -0.600. The first-order chi connectivity index (χ1) is 4.83. The Bertz CT molecular complexity index is 61.7. The molecule has 0 radical (unpaired) electrons. The smallest absolute Gasteiger partial charge is 0.0649 e. The fourth-order valence-corrected chi connectivity index (χ4v) is 0.235. The Kier molecular flexibility index (Phi) is 19.1. The predicted molar refractivity (Wildman–Crippen MR) is 44.1 cm³/mol. The monoisotopic (exact) mass is 144 g/mol. The molecule has 0 heterocycles. The van der Waals surface area contributed by atoms with Gasteiger partial charge >= 0.3 is 0 Å². The molecule has 0 atom stereocenters. The van der Waals surface area contributed by atoms with Crippen LogP contribution in [-0.4, -0.2) is 27.4 Å². The van der Waals surface area contributed by atoms with Crippen molar-refractivity contribution in [2.45, 2.75) is 0 Å². The number of methoxy groups -OCH3 is 1. The molecule has 0 rings (SSSR count). The molecule has 2 heteroatoms. The van der Waals surface area contributed by atoms with Crippen LogP contribution in [0, 0.1) is 0 Å². The lowest BCUT2D eigenvalue weighted by atomic mass is 10.6. The van der Waals surface area contributed by atoms with Crippen LogP contribution in [0.15, 0.2) is 25.3 Å². The topological polar surface area (TPSA) is 18.5 Å². The van der Waals surface area contributed by atoms with Gasteiger partial charge in [-0.25, -0.2) is 0 Å². The highest BCUT2D eigenvalue weighted by atomic mass is 16.5. The molecule has 0 aromatic heterocycles. The Balaban J connectivity index is 0. The third-order valence-electron chi connectivity index (χ3n) is 0.471. The Morgan fingerprint density at radius 2 is 1.40 bits per heavy atom. The summed E-state index contributed by atoms with van der Waals surface area (Å²) < 4.78 is 9.15. The van der Waals surface area contributed by atoms with Gasteiger partial charge in [0.2, 0.25) is 0 Å². The maximum absolute atomic E-state index is 4.90. The molecule has 0 spiro atoms. The van der Waals surface area contributed by atoms with Crippen molar-refractivity contribution in [2.75, 3.05) is 27.4 Å². The lowest BCUT2D eigenvalue weighted by Gasteiger charge is -1.89. The summed E-state index contributed by atoms with van der Waals surface area (Å²) in [4.78, 5) is 0. The molecule has 2 nitrogen and oxygen atoms in total. The molecule has 0 aliphatic rings. The highest BCUT2D eigenvalue weighted by Crippen LogP contribution is 1.72. The van der Waals surface area contributed by atoms with Crippen molar-refractivity contribution in [3.05, 3.63) is 25.3 Å². The van der Waals surface area contributed by atoms with Gasteiger partial charge in [0, 0.05) is 14.2 Å². The largest absolute Gasteiger partial charge is 0.388 e. The maximum Gasteiger partial charge on any atom is 0.0649 e. The zero-order valence-electron chi connectivity index (χ0n) is 6.80. The molecule has 0 saturated heterocycles. The van der Waals surface area contributed by atoms with Gasteiger partial charge in [-0.05, 0) is 0 Å². The van der Waals surface area contributed by atoms with E-state index in [1.165, 1.54) is 0 Å². The molecular formula is C8H16O2. The van der Waals surface area contributed by atoms with Crippen molar-refractivity contribution in [1.82, 2.24) is 0 Å². The average molecular weight is 144 g/mol. The molecule has 10 heavy (non-hydrogen) atoms. The van der Waals surface area contributed by atoms with Gasteiger partial charge in [0.05, 0.1) is 13.2 Å². The molecule has 60 valence electrons. The van der Waals surface area contributed by atoms with Crippen LogP contribution < -0.4 is 0 Å². The van der Waals surface area contributed by atoms with Crippen molar-refractivity contribution < 1.29 is 9.47 Å². The maximum atomic E-state index is 4.90. The van der Waals surface area contributed by atoms with E-state index < -0.39 is 0 Å². The summed E-state index contributed by atoms with van der Waals surface area (Å²) in [6.07, 6.45) is 3.42. The van der Waals surface area contributed by atoms with Crippen molar-refractivity contribution in [3.8, 4) is 0 Å². The Morgan fingerprint density at radius 3 is 1.60 bits per heavy atom. The molecular weight excluding hydrogens is 128 g/mol. The SMILES string of the molecule is C=CCOCC=C.COC. The van der Waals surface area contributed by atoms with Crippen molar-refractivity contribution in [1.29, 1.82) is 0 Å². The highest BCUT2D eigenvalue weighted by Gasteiger charge is 1.70. The summed E-state index contributed by atoms with van der Waals surface area (Å²) in [6.45, 7) is 8.18. The summed E-state index contributed by atoms with van der Waals surface area (Å²) >= 11 is 0. The van der Waals surface area contributed by atoms with E-state index in [-0.39, 0.29) is 0 Å². The summed E-state index contributed by atoms with van der Waals surface area (Å²) in [5.74, 6) is 0. The Morgan fingerprint density at radius 1 is 1.10 bits per heavy atom. The van der Waals surface area contributed by atoms with E-state index in [1.54, 1.807) is 26.4 Å². The van der Waals surface area contributed by atoms with Crippen molar-refractivity contribution >= 4 is 0 Å². The highest BCUT2D eigenvalue weighted by molar-refractivity contribution is 4.68. The predicted octanol–water partition coefficient (Wildman–Crippen LogP) is 1.64. The van der Waals surface area contributed by atoms with Crippen molar-refractivity contribution in [2.24, 2.45) is 0 Å². The van der Waals surface area contributed by atoms with Crippen LogP contribution in [0.4, 0.5) is 0 Å². The molecule has 0 amide bonds. The van der Waals surface area contributed by atoms with Gasteiger partial charge in [0.1, 0.15) is 0 Å². The first kappa shape index (κ1) is 12.1. The molecule has 0 aliphatic heterocycles. The van der Waals surface area contributed by atoms with E-state index in [0.717, 1.165) is 0 Å². The minimum Gasteiger partial charge on any atom is -0.388 e. The minimum absolute atomic E-state index is 0.617. The van der Waals surface area contributed by atoms with Crippen LogP contribution >= 0.6 is 0 Å². The van der Waals surface area contributed by atoms with E-state index >= 15 is 0 Å². The summed E-state index contributed by atoms with van der Waals surface area (Å²) in [7, 11) is 3.25. The van der Waals surface area contributed by atoms with E-state index in [2.05, 4.69) is 17.9 Å². The van der Waals surface area contributed by atoms with Crippen LogP contribution in [0.1, 0.15) is 0 Å². The fraction of sp³-hybridized carbons (Fsp3) is 0.500. The lowest BCUT2D eigenvalue weighted by molar-refractivity contribution is 0.194. The molecule has 0 saturated carbocycles. The number of hydrogen-bond acceptors (Lipinski definition) is 2. The molecule has 0 aromatic rings. The van der Waals surface area contributed by atoms with Gasteiger partial charge in [-0.15, -0.1) is 13.2 Å². The molecule has 0 aliphatic carbocycles. The standard InChI is InChI=1S/C6H10O.C2H6O/c1-3-5-7-6-4-2;1-3-2/h3-4H,1-2,5-6H2;1-2H3. The average Bonchev–Trinajstić information content (AvgIpc) is 1.91. The fourth-order valence-electron chi connectivity index (χ4n) is 0.235. The number of rotatable bonds is 4. The minimum atomic E-state index is 0.617. The van der Waals surface area contributed by atoms with Gasteiger partial charge in [0.15, 0.2) is 0 Å². The van der Waals surface area contributed by atoms with E-state index in [1.807, 2.05) is 0 Å². The molecule has 0 N–H and O–H groups in total. The second-order valence-electron chi connectivity index (χ2n) is 1.52. The van der Waals surface area contributed by atoms with Crippen LogP contribution in [0.3, 0.4) is 0 Å². The van der Waals surface area contributed by atoms with Gasteiger partial charge in [-0.3, -0.25) is 0 Å². The third-order valence-corrected chi connectivity index (χ3v) is 0.471. The van der Waals surface area contributed by atoms with E-state index in [4.69, 9.17) is 4.74 Å².